The zero-order valence-corrected chi connectivity index (χ0v) is 25.1. The Hall–Kier alpha value is -1.10. The minimum absolute atomic E-state index is 0.205. The molecule has 2 heterocycles. The van der Waals surface area contributed by atoms with Crippen molar-refractivity contribution in [3.05, 3.63) is 31.5 Å². The lowest BCUT2D eigenvalue weighted by molar-refractivity contribution is 0.264. The molecule has 0 aromatic carbocycles. The third-order valence-electron chi connectivity index (χ3n) is 5.95. The summed E-state index contributed by atoms with van der Waals surface area (Å²) in [7, 11) is -3.92. The Labute approximate surface area is 205 Å². The van der Waals surface area contributed by atoms with Crippen molar-refractivity contribution < 1.29 is 17.4 Å². The summed E-state index contributed by atoms with van der Waals surface area (Å²) in [5.74, 6) is 0. The van der Waals surface area contributed by atoms with Crippen molar-refractivity contribution in [1.82, 2.24) is 13.7 Å². The number of nitrogens with zero attached hydrogens (tertiary/aromatic N) is 3. The van der Waals surface area contributed by atoms with Gasteiger partial charge in [-0.1, -0.05) is 13.3 Å². The van der Waals surface area contributed by atoms with Crippen molar-refractivity contribution >= 4 is 25.4 Å². The maximum Gasteiger partial charge on any atom is 0.336 e. The Kier molecular flexibility index (Phi) is 10.1. The molecule has 1 aliphatic heterocycles. The fourth-order valence-corrected chi connectivity index (χ4v) is 16.9. The van der Waals surface area contributed by atoms with Crippen LogP contribution in [-0.4, -0.2) is 59.0 Å². The van der Waals surface area contributed by atoms with E-state index in [1.54, 1.807) is 7.11 Å². The van der Waals surface area contributed by atoms with E-state index in [-0.39, 0.29) is 6.54 Å². The summed E-state index contributed by atoms with van der Waals surface area (Å²) < 4.78 is 28.0. The minimum atomic E-state index is -2.63. The molecule has 0 amide bonds. The number of rotatable bonds is 15. The molecule has 1 aliphatic rings. The number of hydrogen-bond donors (Lipinski definition) is 0. The first kappa shape index (κ1) is 29.1. The van der Waals surface area contributed by atoms with Crippen LogP contribution >= 0.6 is 0 Å². The summed E-state index contributed by atoms with van der Waals surface area (Å²) in [4.78, 5) is 37.9. The maximum absolute atomic E-state index is 12.9. The molecule has 1 aromatic rings. The van der Waals surface area contributed by atoms with Crippen molar-refractivity contribution in [1.29, 1.82) is 0 Å². The standard InChI is InChI=1S/C21H43N3O7Si3/c1-9-10-13-23-19(25)22(2)20(26)24(21(23)27)14-11-15-33(7,28-3)31-34(8,30-32(4,5)6)16-12-18-17-29-18/h18H,9-17H2,1-8H3. The summed E-state index contributed by atoms with van der Waals surface area (Å²) in [5.41, 5.74) is -1.70. The number of aromatic nitrogens is 3. The van der Waals surface area contributed by atoms with Gasteiger partial charge in [0.05, 0.1) is 12.7 Å². The molecule has 1 aromatic heterocycles. The SMILES string of the molecule is CCCCn1c(=O)n(C)c(=O)n(CCC[Si](C)(OC)O[Si](C)(CCC2CO2)O[Si](C)(C)C)c1=O. The van der Waals surface area contributed by atoms with Crippen molar-refractivity contribution in [3.8, 4) is 0 Å². The van der Waals surface area contributed by atoms with Gasteiger partial charge in [0.15, 0.2) is 8.32 Å². The van der Waals surface area contributed by atoms with Gasteiger partial charge < -0.3 is 17.4 Å². The van der Waals surface area contributed by atoms with Gasteiger partial charge in [-0.05, 0) is 64.1 Å². The fourth-order valence-electron chi connectivity index (χ4n) is 4.09. The van der Waals surface area contributed by atoms with Crippen molar-refractivity contribution in [2.75, 3.05) is 13.7 Å². The smallest absolute Gasteiger partial charge is 0.336 e. The molecular formula is C21H43N3O7Si3. The molecule has 196 valence electrons. The maximum atomic E-state index is 12.9. The van der Waals surface area contributed by atoms with Gasteiger partial charge in [0, 0.05) is 27.2 Å². The number of epoxide rings is 1. The molecule has 3 unspecified atom stereocenters. The van der Waals surface area contributed by atoms with E-state index in [4.69, 9.17) is 17.4 Å². The largest absolute Gasteiger partial charge is 0.437 e. The molecule has 0 saturated carbocycles. The highest BCUT2D eigenvalue weighted by molar-refractivity contribution is 6.86. The summed E-state index contributed by atoms with van der Waals surface area (Å²) in [6.45, 7) is 13.9. The Morgan fingerprint density at radius 3 is 1.91 bits per heavy atom. The zero-order valence-electron chi connectivity index (χ0n) is 22.1. The molecule has 0 bridgehead atoms. The molecular weight excluding hydrogens is 491 g/mol. The van der Waals surface area contributed by atoms with Gasteiger partial charge in [-0.25, -0.2) is 28.1 Å². The fraction of sp³-hybridized carbons (Fsp3) is 0.857. The highest BCUT2D eigenvalue weighted by atomic mass is 28.5. The van der Waals surface area contributed by atoms with Crippen molar-refractivity contribution in [2.45, 2.75) is 96.6 Å². The van der Waals surface area contributed by atoms with E-state index in [9.17, 15) is 14.4 Å². The average molecular weight is 534 g/mol. The van der Waals surface area contributed by atoms with E-state index in [0.717, 1.165) is 39.2 Å². The van der Waals surface area contributed by atoms with E-state index in [2.05, 4.69) is 26.2 Å². The van der Waals surface area contributed by atoms with Crippen LogP contribution in [0, 0.1) is 0 Å². The molecule has 2 rings (SSSR count). The van der Waals surface area contributed by atoms with Gasteiger partial charge in [0.25, 0.3) is 0 Å². The molecule has 3 atom stereocenters. The summed E-state index contributed by atoms with van der Waals surface area (Å²) in [5, 5.41) is 0. The molecule has 1 fully saturated rings. The lowest BCUT2D eigenvalue weighted by Gasteiger charge is -2.40. The highest BCUT2D eigenvalue weighted by Crippen LogP contribution is 2.30. The van der Waals surface area contributed by atoms with E-state index in [1.165, 1.54) is 7.05 Å². The number of unbranched alkanes of at least 4 members (excludes halogenated alkanes) is 1. The summed E-state index contributed by atoms with van der Waals surface area (Å²) in [6.07, 6.45) is 3.30. The third kappa shape index (κ3) is 8.24. The van der Waals surface area contributed by atoms with Crippen LogP contribution in [0.15, 0.2) is 14.4 Å². The topological polar surface area (TPSA) is 106 Å². The van der Waals surface area contributed by atoms with E-state index in [0.29, 0.717) is 31.5 Å². The second kappa shape index (κ2) is 11.8. The number of hydrogen-bond acceptors (Lipinski definition) is 7. The lowest BCUT2D eigenvalue weighted by Crippen LogP contribution is -2.56. The predicted octanol–water partition coefficient (Wildman–Crippen LogP) is 2.35. The van der Waals surface area contributed by atoms with Crippen LogP contribution in [0.25, 0.3) is 0 Å². The molecule has 0 spiro atoms. The molecule has 34 heavy (non-hydrogen) atoms. The Morgan fingerprint density at radius 2 is 1.44 bits per heavy atom. The van der Waals surface area contributed by atoms with Crippen LogP contribution in [-0.2, 0) is 37.5 Å². The minimum Gasteiger partial charge on any atom is -0.437 e. The monoisotopic (exact) mass is 533 g/mol. The van der Waals surface area contributed by atoms with Gasteiger partial charge in [-0.2, -0.15) is 0 Å². The van der Waals surface area contributed by atoms with Gasteiger partial charge in [0.2, 0.25) is 0 Å². The molecule has 0 aliphatic carbocycles. The van der Waals surface area contributed by atoms with Gasteiger partial charge in [0.1, 0.15) is 0 Å². The lowest BCUT2D eigenvalue weighted by atomic mass is 10.3. The van der Waals surface area contributed by atoms with Crippen LogP contribution in [0.2, 0.25) is 44.8 Å². The van der Waals surface area contributed by atoms with E-state index >= 15 is 0 Å². The van der Waals surface area contributed by atoms with Gasteiger partial charge in [-0.3, -0.25) is 0 Å². The van der Waals surface area contributed by atoms with E-state index < -0.39 is 42.5 Å². The average Bonchev–Trinajstić information content (AvgIpc) is 3.56. The van der Waals surface area contributed by atoms with Gasteiger partial charge in [-0.15, -0.1) is 0 Å². The second-order valence-corrected chi connectivity index (χ2v) is 22.3. The summed E-state index contributed by atoms with van der Waals surface area (Å²) in [6, 6.07) is 1.45. The zero-order chi connectivity index (χ0) is 25.7. The molecule has 13 heteroatoms. The molecule has 1 saturated heterocycles. The molecule has 0 radical (unpaired) electrons. The van der Waals surface area contributed by atoms with Gasteiger partial charge >= 0.3 is 34.2 Å². The Morgan fingerprint density at radius 1 is 0.882 bits per heavy atom. The summed E-state index contributed by atoms with van der Waals surface area (Å²) >= 11 is 0. The second-order valence-electron chi connectivity index (χ2n) is 10.4. The first-order chi connectivity index (χ1) is 15.7. The first-order valence-corrected chi connectivity index (χ1v) is 20.7. The molecule has 0 N–H and O–H groups in total. The number of ether oxygens (including phenoxy) is 1. The van der Waals surface area contributed by atoms with E-state index in [1.807, 2.05) is 13.5 Å². The van der Waals surface area contributed by atoms with Crippen molar-refractivity contribution in [2.24, 2.45) is 7.05 Å². The van der Waals surface area contributed by atoms with Crippen LogP contribution in [0.5, 0.6) is 0 Å². The Balaban J connectivity index is 2.16. The van der Waals surface area contributed by atoms with Crippen LogP contribution < -0.4 is 17.1 Å². The predicted molar refractivity (Wildman–Crippen MR) is 139 cm³/mol. The quantitative estimate of drug-likeness (QED) is 0.252. The first-order valence-electron chi connectivity index (χ1n) is 12.2. The van der Waals surface area contributed by atoms with Crippen LogP contribution in [0.4, 0.5) is 0 Å². The normalized spacial score (nSPS) is 19.6. The van der Waals surface area contributed by atoms with Crippen LogP contribution in [0.3, 0.4) is 0 Å². The van der Waals surface area contributed by atoms with Crippen molar-refractivity contribution in [3.63, 3.8) is 0 Å². The Bertz CT molecular complexity index is 999. The molecule has 10 nitrogen and oxygen atoms in total. The third-order valence-corrected chi connectivity index (χ3v) is 16.9. The highest BCUT2D eigenvalue weighted by Gasteiger charge is 2.45. The van der Waals surface area contributed by atoms with Crippen LogP contribution in [0.1, 0.15) is 32.6 Å².